The first-order valence-corrected chi connectivity index (χ1v) is 18.0. The molecule has 46 heavy (non-hydrogen) atoms. The van der Waals surface area contributed by atoms with Crippen LogP contribution < -0.4 is 19.6 Å². The fourth-order valence-electron chi connectivity index (χ4n) is 5.41. The van der Waals surface area contributed by atoms with Crippen molar-refractivity contribution in [3.63, 3.8) is 0 Å². The molecule has 2 aromatic rings. The van der Waals surface area contributed by atoms with Gasteiger partial charge in [-0.3, -0.25) is 0 Å². The van der Waals surface area contributed by atoms with Gasteiger partial charge in [0.05, 0.1) is 22.5 Å². The molecule has 11 nitrogen and oxygen atoms in total. The summed E-state index contributed by atoms with van der Waals surface area (Å²) in [6, 6.07) is 14.7. The molecule has 0 saturated heterocycles. The number of nitrogens with one attached hydrogen (secondary N) is 1. The van der Waals surface area contributed by atoms with E-state index in [9.17, 15) is 26.2 Å². The molecule has 0 spiro atoms. The molecule has 0 amide bonds. The zero-order valence-electron chi connectivity index (χ0n) is 26.4. The van der Waals surface area contributed by atoms with Gasteiger partial charge in [-0.1, -0.05) is 12.6 Å². The highest BCUT2D eigenvalue weighted by molar-refractivity contribution is 7.89. The fraction of sp³-hybridized carbons (Fsp3) is 0.333. The van der Waals surface area contributed by atoms with Gasteiger partial charge in [0.25, 0.3) is 0 Å². The molecule has 0 unspecified atom stereocenters. The molecule has 2 aromatic carbocycles. The summed E-state index contributed by atoms with van der Waals surface area (Å²) in [6.45, 7) is 14.4. The van der Waals surface area contributed by atoms with E-state index >= 15 is 0 Å². The van der Waals surface area contributed by atoms with Crippen LogP contribution in [-0.2, 0) is 29.7 Å². The quantitative estimate of drug-likeness (QED) is 0.0522. The Hall–Kier alpha value is -4.04. The average molecular weight is 670 g/mol. The maximum Gasteiger partial charge on any atom is 0.330 e. The van der Waals surface area contributed by atoms with Gasteiger partial charge in [0.15, 0.2) is 0 Å². The maximum atomic E-state index is 13.1. The Balaban J connectivity index is 1.93. The Kier molecular flexibility index (Phi) is 11.0. The van der Waals surface area contributed by atoms with Gasteiger partial charge in [-0.15, -0.1) is 0 Å². The lowest BCUT2D eigenvalue weighted by atomic mass is 9.93. The van der Waals surface area contributed by atoms with Crippen LogP contribution in [0.2, 0.25) is 0 Å². The molecule has 0 radical (unpaired) electrons. The second-order valence-corrected chi connectivity index (χ2v) is 13.5. The van der Waals surface area contributed by atoms with Crippen molar-refractivity contribution >= 4 is 42.8 Å². The third-order valence-electron chi connectivity index (χ3n) is 7.77. The van der Waals surface area contributed by atoms with Crippen LogP contribution in [0.5, 0.6) is 0 Å². The van der Waals surface area contributed by atoms with Crippen LogP contribution in [0.1, 0.15) is 34.1 Å². The number of esters is 1. The van der Waals surface area contributed by atoms with Gasteiger partial charge in [-0.05, 0) is 64.4 Å². The van der Waals surface area contributed by atoms with Crippen LogP contribution in [0.25, 0.3) is 33.4 Å². The second-order valence-electron chi connectivity index (χ2n) is 10.4. The number of sulfonamides is 1. The Morgan fingerprint density at radius 2 is 1.67 bits per heavy atom. The van der Waals surface area contributed by atoms with Crippen molar-refractivity contribution in [2.75, 3.05) is 44.2 Å². The molecule has 1 aliphatic carbocycles. The lowest BCUT2D eigenvalue weighted by Crippen LogP contribution is -2.29. The molecule has 246 valence electrons. The Morgan fingerprint density at radius 1 is 0.978 bits per heavy atom. The first-order chi connectivity index (χ1) is 21.9. The van der Waals surface area contributed by atoms with Gasteiger partial charge in [0.1, 0.15) is 34.6 Å². The number of fused-ring (bicyclic) bond motifs is 2. The van der Waals surface area contributed by atoms with Crippen LogP contribution in [0, 0.1) is 0 Å². The summed E-state index contributed by atoms with van der Waals surface area (Å²) in [5.74, 6) is -0.153. The summed E-state index contributed by atoms with van der Waals surface area (Å²) in [6.07, 6.45) is 1.16. The molecule has 0 atom stereocenters. The third-order valence-corrected chi connectivity index (χ3v) is 10.1. The maximum absolute atomic E-state index is 13.1. The van der Waals surface area contributed by atoms with E-state index < -0.39 is 35.9 Å². The van der Waals surface area contributed by atoms with Gasteiger partial charge < -0.3 is 18.6 Å². The minimum atomic E-state index is -5.16. The first-order valence-electron chi connectivity index (χ1n) is 15.1. The van der Waals surface area contributed by atoms with Crippen LogP contribution in [0.4, 0.5) is 5.69 Å². The molecule has 13 heteroatoms. The van der Waals surface area contributed by atoms with Crippen LogP contribution >= 0.6 is 0 Å². The number of carbonyl (C=O) groups is 1. The summed E-state index contributed by atoms with van der Waals surface area (Å²) < 4.78 is 80.2. The minimum absolute atomic E-state index is 0.0440. The zero-order valence-corrected chi connectivity index (χ0v) is 28.0. The Morgan fingerprint density at radius 3 is 2.30 bits per heavy atom. The monoisotopic (exact) mass is 669 g/mol. The average Bonchev–Trinajstić information content (AvgIpc) is 3.03. The van der Waals surface area contributed by atoms with Crippen LogP contribution in [0.3, 0.4) is 0 Å². The summed E-state index contributed by atoms with van der Waals surface area (Å²) in [4.78, 5) is 12.3. The number of anilines is 1. The SMILES string of the molecule is C=CC(=O)OCCCNS(=O)(=O)c1ccc(-c2c3ccc(=[N+](CC)CC)cc-3oc3cc(N(CC)CC)ccc23)c(S(=O)(=O)[O-])c1. The summed E-state index contributed by atoms with van der Waals surface area (Å²) in [7, 11) is -9.38. The number of benzene rings is 3. The van der Waals surface area contributed by atoms with Gasteiger partial charge in [-0.25, -0.2) is 30.9 Å². The van der Waals surface area contributed by atoms with Crippen molar-refractivity contribution in [1.29, 1.82) is 0 Å². The number of rotatable bonds is 14. The lowest BCUT2D eigenvalue weighted by Gasteiger charge is -2.23. The van der Waals surface area contributed by atoms with E-state index in [1.54, 1.807) is 0 Å². The van der Waals surface area contributed by atoms with Crippen molar-refractivity contribution < 1.29 is 35.3 Å². The predicted molar refractivity (Wildman–Crippen MR) is 177 cm³/mol. The van der Waals surface area contributed by atoms with E-state index in [1.807, 2.05) is 64.1 Å². The standard InChI is InChI=1S/C33H39N3O8S2/c1-6-32(37)43-19-11-18-34-45(38,39)25-14-17-28(31(22-25)46(40,41)42)33-26-15-12-23(35(7-2)8-3)20-29(26)44-30-21-24(13-16-27(30)33)36(9-4)10-5/h6,12-17,20-22,34H,1,7-11,18-19H2,2-5H3. The number of hydrogen-bond acceptors (Lipinski definition) is 9. The molecule has 0 saturated carbocycles. The van der Waals surface area contributed by atoms with E-state index in [2.05, 4.69) is 20.8 Å². The molecule has 1 N–H and O–H groups in total. The van der Waals surface area contributed by atoms with E-state index in [-0.39, 0.29) is 25.1 Å². The topological polar surface area (TPSA) is 149 Å². The second kappa shape index (κ2) is 14.6. The zero-order chi connectivity index (χ0) is 33.6. The highest BCUT2D eigenvalue weighted by Crippen LogP contribution is 2.43. The summed E-state index contributed by atoms with van der Waals surface area (Å²) >= 11 is 0. The van der Waals surface area contributed by atoms with Crippen molar-refractivity contribution in [2.45, 2.75) is 43.9 Å². The molecule has 1 heterocycles. The van der Waals surface area contributed by atoms with E-state index in [4.69, 9.17) is 9.15 Å². The summed E-state index contributed by atoms with van der Waals surface area (Å²) in [5.41, 5.74) is 2.45. The number of carbonyl (C=O) groups excluding carboxylic acids is 1. The summed E-state index contributed by atoms with van der Waals surface area (Å²) in [5, 5.41) is 1.47. The first kappa shape index (κ1) is 34.8. The van der Waals surface area contributed by atoms with E-state index in [1.165, 1.54) is 12.1 Å². The van der Waals surface area contributed by atoms with E-state index in [0.29, 0.717) is 27.9 Å². The molecule has 1 aliphatic heterocycles. The Bertz CT molecular complexity index is 2010. The predicted octanol–water partition coefficient (Wildman–Crippen LogP) is 4.16. The molecule has 2 aliphatic rings. The largest absolute Gasteiger partial charge is 0.744 e. The number of hydrogen-bond donors (Lipinski definition) is 1. The molecule has 0 bridgehead atoms. The van der Waals surface area contributed by atoms with Gasteiger partial charge in [-0.2, -0.15) is 0 Å². The molecular formula is C33H39N3O8S2. The van der Waals surface area contributed by atoms with Crippen LogP contribution in [-0.4, -0.2) is 66.7 Å². The Labute approximate surface area is 270 Å². The highest BCUT2D eigenvalue weighted by Gasteiger charge is 2.25. The molecule has 4 rings (SSSR count). The van der Waals surface area contributed by atoms with Gasteiger partial charge >= 0.3 is 5.97 Å². The molecule has 0 fully saturated rings. The normalized spacial score (nSPS) is 11.9. The number of ether oxygens (including phenoxy) is 1. The van der Waals surface area contributed by atoms with Crippen LogP contribution in [0.15, 0.2) is 81.5 Å². The van der Waals surface area contributed by atoms with E-state index in [0.717, 1.165) is 49.4 Å². The van der Waals surface area contributed by atoms with Crippen molar-refractivity contribution in [3.05, 3.63) is 72.6 Å². The van der Waals surface area contributed by atoms with Crippen molar-refractivity contribution in [1.82, 2.24) is 9.30 Å². The van der Waals surface area contributed by atoms with Gasteiger partial charge in [0.2, 0.25) is 15.4 Å². The van der Waals surface area contributed by atoms with Crippen molar-refractivity contribution in [2.24, 2.45) is 0 Å². The third kappa shape index (κ3) is 7.49. The minimum Gasteiger partial charge on any atom is -0.744 e. The molecular weight excluding hydrogens is 631 g/mol. The molecule has 0 aromatic heterocycles. The lowest BCUT2D eigenvalue weighted by molar-refractivity contribution is -0.137. The highest BCUT2D eigenvalue weighted by atomic mass is 32.2. The fourth-order valence-corrected chi connectivity index (χ4v) is 7.29. The van der Waals surface area contributed by atoms with Crippen molar-refractivity contribution in [3.8, 4) is 22.5 Å². The van der Waals surface area contributed by atoms with Gasteiger partial charge in [0, 0.05) is 65.6 Å². The smallest absolute Gasteiger partial charge is 0.330 e. The number of nitrogens with zero attached hydrogens (tertiary/aromatic N) is 2.